The Hall–Kier alpha value is -1.04. The molecule has 0 saturated heterocycles. The fraction of sp³-hybridized carbons (Fsp3) is 0.429. The Morgan fingerprint density at radius 3 is 2.50 bits per heavy atom. The van der Waals surface area contributed by atoms with Gasteiger partial charge in [-0.2, -0.15) is 0 Å². The Kier molecular flexibility index (Phi) is 3.94. The van der Waals surface area contributed by atoms with Gasteiger partial charge < -0.3 is 0 Å². The van der Waals surface area contributed by atoms with Crippen LogP contribution in [-0.2, 0) is 6.42 Å². The molecular formula is C14H20. The number of hydrogen-bond acceptors (Lipinski definition) is 0. The van der Waals surface area contributed by atoms with Crippen molar-refractivity contribution in [1.82, 2.24) is 0 Å². The molecule has 2 rings (SSSR count). The van der Waals surface area contributed by atoms with E-state index in [4.69, 9.17) is 0 Å². The molecule has 14 heavy (non-hydrogen) atoms. The van der Waals surface area contributed by atoms with E-state index in [9.17, 15) is 0 Å². The predicted molar refractivity (Wildman–Crippen MR) is 64.6 cm³/mol. The molecule has 0 unspecified atom stereocenters. The largest absolute Gasteiger partial charge is 0.0795 e. The third kappa shape index (κ3) is 2.25. The highest BCUT2D eigenvalue weighted by Gasteiger charge is 2.06. The van der Waals surface area contributed by atoms with Crippen molar-refractivity contribution in [2.75, 3.05) is 0 Å². The third-order valence-electron chi connectivity index (χ3n) is 2.47. The molecule has 0 heteroatoms. The quantitative estimate of drug-likeness (QED) is 0.612. The first-order valence-electron chi connectivity index (χ1n) is 5.57. The van der Waals surface area contributed by atoms with Crippen LogP contribution in [0, 0.1) is 0 Å². The molecule has 0 aliphatic heterocycles. The van der Waals surface area contributed by atoms with Gasteiger partial charge in [0.15, 0.2) is 0 Å². The highest BCUT2D eigenvalue weighted by molar-refractivity contribution is 5.60. The first kappa shape index (κ1) is 11.0. The van der Waals surface area contributed by atoms with Crippen LogP contribution in [0.5, 0.6) is 0 Å². The van der Waals surface area contributed by atoms with Crippen LogP contribution in [0.25, 0.3) is 6.08 Å². The summed E-state index contributed by atoms with van der Waals surface area (Å²) in [5, 5.41) is 0. The molecule has 1 aliphatic carbocycles. The van der Waals surface area contributed by atoms with Gasteiger partial charge in [-0.25, -0.2) is 0 Å². The zero-order valence-electron chi connectivity index (χ0n) is 9.67. The molecule has 0 radical (unpaired) electrons. The first-order valence-corrected chi connectivity index (χ1v) is 5.57. The van der Waals surface area contributed by atoms with Crippen molar-refractivity contribution in [3.8, 4) is 0 Å². The normalized spacial score (nSPS) is 12.4. The third-order valence-corrected chi connectivity index (χ3v) is 2.47. The average molecular weight is 188 g/mol. The average Bonchev–Trinajstić information content (AvgIpc) is 2.67. The lowest BCUT2D eigenvalue weighted by Gasteiger charge is -2.07. The first-order chi connectivity index (χ1) is 6.77. The van der Waals surface area contributed by atoms with Gasteiger partial charge >= 0.3 is 0 Å². The molecule has 0 spiro atoms. The highest BCUT2D eigenvalue weighted by atomic mass is 14.1. The van der Waals surface area contributed by atoms with E-state index < -0.39 is 0 Å². The summed E-state index contributed by atoms with van der Waals surface area (Å²) in [5.74, 6) is 0.643. The zero-order chi connectivity index (χ0) is 10.6. The molecule has 0 fully saturated rings. The monoisotopic (exact) mass is 188 g/mol. The molecule has 0 aromatic heterocycles. The molecule has 76 valence electrons. The summed E-state index contributed by atoms with van der Waals surface area (Å²) >= 11 is 0. The number of benzene rings is 1. The van der Waals surface area contributed by atoms with Gasteiger partial charge in [0, 0.05) is 0 Å². The molecule has 0 heterocycles. The molecule has 0 amide bonds. The van der Waals surface area contributed by atoms with Gasteiger partial charge in [0.05, 0.1) is 0 Å². The number of hydrogen-bond donors (Lipinski definition) is 0. The molecular weight excluding hydrogens is 168 g/mol. The van der Waals surface area contributed by atoms with E-state index in [0.717, 1.165) is 6.42 Å². The van der Waals surface area contributed by atoms with E-state index in [2.05, 4.69) is 44.2 Å². The van der Waals surface area contributed by atoms with Crippen molar-refractivity contribution < 1.29 is 0 Å². The van der Waals surface area contributed by atoms with E-state index >= 15 is 0 Å². The van der Waals surface area contributed by atoms with Gasteiger partial charge in [0.1, 0.15) is 0 Å². The minimum atomic E-state index is 0.643. The molecule has 0 atom stereocenters. The van der Waals surface area contributed by atoms with Crippen LogP contribution in [-0.4, -0.2) is 0 Å². The Morgan fingerprint density at radius 2 is 1.86 bits per heavy atom. The van der Waals surface area contributed by atoms with Crippen LogP contribution in [0.15, 0.2) is 24.3 Å². The molecule has 0 N–H and O–H groups in total. The summed E-state index contributed by atoms with van der Waals surface area (Å²) < 4.78 is 0. The lowest BCUT2D eigenvalue weighted by atomic mass is 9.99. The number of rotatable bonds is 1. The van der Waals surface area contributed by atoms with Gasteiger partial charge in [-0.05, 0) is 29.0 Å². The van der Waals surface area contributed by atoms with E-state index in [1.165, 1.54) is 16.7 Å². The molecule has 0 nitrogen and oxygen atoms in total. The summed E-state index contributed by atoms with van der Waals surface area (Å²) in [6.07, 6.45) is 5.57. The zero-order valence-corrected chi connectivity index (χ0v) is 9.67. The minimum absolute atomic E-state index is 0.643. The lowest BCUT2D eigenvalue weighted by Crippen LogP contribution is -1.89. The molecule has 0 saturated carbocycles. The Bertz CT molecular complexity index is 319. The highest BCUT2D eigenvalue weighted by Crippen LogP contribution is 2.24. The van der Waals surface area contributed by atoms with Crippen molar-refractivity contribution in [3.05, 3.63) is 41.0 Å². The topological polar surface area (TPSA) is 0 Å². The Morgan fingerprint density at radius 1 is 1.14 bits per heavy atom. The van der Waals surface area contributed by atoms with Crippen LogP contribution in [0.4, 0.5) is 0 Å². The van der Waals surface area contributed by atoms with E-state index in [-0.39, 0.29) is 0 Å². The molecule has 1 aromatic rings. The predicted octanol–water partition coefficient (Wildman–Crippen LogP) is 4.41. The molecule has 1 aliphatic rings. The number of allylic oxidation sites excluding steroid dienone is 1. The molecule has 1 aromatic carbocycles. The standard InChI is InChI=1S/C12H14.C2H6/c1-9(2)11-7-6-10-4-3-5-12(10)8-11;1-2/h3,5-9H,4H2,1-2H3;1-2H3. The van der Waals surface area contributed by atoms with Crippen molar-refractivity contribution in [2.45, 2.75) is 40.0 Å². The van der Waals surface area contributed by atoms with Crippen LogP contribution in [0.2, 0.25) is 0 Å². The lowest BCUT2D eigenvalue weighted by molar-refractivity contribution is 0.865. The summed E-state index contributed by atoms with van der Waals surface area (Å²) in [5.41, 5.74) is 4.33. The van der Waals surface area contributed by atoms with Crippen molar-refractivity contribution in [2.24, 2.45) is 0 Å². The summed E-state index contributed by atoms with van der Waals surface area (Å²) in [6.45, 7) is 8.47. The SMILES string of the molecule is CC.CC(C)c1ccc2c(c1)C=CC2. The Labute approximate surface area is 87.7 Å². The van der Waals surface area contributed by atoms with Crippen LogP contribution in [0.1, 0.15) is 50.3 Å². The Balaban J connectivity index is 0.000000461. The van der Waals surface area contributed by atoms with Crippen LogP contribution >= 0.6 is 0 Å². The molecule has 0 bridgehead atoms. The summed E-state index contributed by atoms with van der Waals surface area (Å²) in [6, 6.07) is 6.81. The van der Waals surface area contributed by atoms with E-state index in [1.54, 1.807) is 0 Å². The van der Waals surface area contributed by atoms with Gasteiger partial charge in [0.25, 0.3) is 0 Å². The van der Waals surface area contributed by atoms with Crippen LogP contribution in [0.3, 0.4) is 0 Å². The maximum atomic E-state index is 2.31. The second-order valence-corrected chi connectivity index (χ2v) is 3.72. The smallest absolute Gasteiger partial charge is 0.00882 e. The van der Waals surface area contributed by atoms with E-state index in [1.807, 2.05) is 13.8 Å². The summed E-state index contributed by atoms with van der Waals surface area (Å²) in [4.78, 5) is 0. The second kappa shape index (κ2) is 4.99. The maximum Gasteiger partial charge on any atom is -0.00882 e. The van der Waals surface area contributed by atoms with Gasteiger partial charge in [-0.15, -0.1) is 0 Å². The van der Waals surface area contributed by atoms with Gasteiger partial charge in [0.2, 0.25) is 0 Å². The van der Waals surface area contributed by atoms with E-state index in [0.29, 0.717) is 5.92 Å². The fourth-order valence-electron chi connectivity index (χ4n) is 1.63. The minimum Gasteiger partial charge on any atom is -0.0795 e. The van der Waals surface area contributed by atoms with Gasteiger partial charge in [-0.1, -0.05) is 58.0 Å². The van der Waals surface area contributed by atoms with Crippen molar-refractivity contribution in [3.63, 3.8) is 0 Å². The van der Waals surface area contributed by atoms with Crippen molar-refractivity contribution in [1.29, 1.82) is 0 Å². The van der Waals surface area contributed by atoms with Gasteiger partial charge in [-0.3, -0.25) is 0 Å². The maximum absolute atomic E-state index is 2.31. The number of fused-ring (bicyclic) bond motifs is 1. The second-order valence-electron chi connectivity index (χ2n) is 3.72. The fourth-order valence-corrected chi connectivity index (χ4v) is 1.63. The van der Waals surface area contributed by atoms with Crippen molar-refractivity contribution >= 4 is 6.08 Å². The van der Waals surface area contributed by atoms with Crippen LogP contribution < -0.4 is 0 Å². The summed E-state index contributed by atoms with van der Waals surface area (Å²) in [7, 11) is 0.